The van der Waals surface area contributed by atoms with Crippen LogP contribution in [-0.4, -0.2) is 55.7 Å². The second-order valence-electron chi connectivity index (χ2n) is 8.23. The Kier molecular flexibility index (Phi) is 9.49. The van der Waals surface area contributed by atoms with Gasteiger partial charge in [-0.25, -0.2) is 0 Å². The first-order valence-corrected chi connectivity index (χ1v) is 11.8. The number of allylic oxidation sites excluding steroid dienone is 1. The number of carbonyl (C=O) groups excluding carboxylic acids is 2. The Labute approximate surface area is 206 Å². The van der Waals surface area contributed by atoms with Gasteiger partial charge in [-0.15, -0.1) is 0 Å². The summed E-state index contributed by atoms with van der Waals surface area (Å²) in [7, 11) is 3.08. The molecule has 0 radical (unpaired) electrons. The number of aliphatic hydroxyl groups excluding tert-OH is 1. The van der Waals surface area contributed by atoms with Crippen LogP contribution >= 0.6 is 0 Å². The molecule has 0 spiro atoms. The molecule has 0 aromatic heterocycles. The van der Waals surface area contributed by atoms with E-state index in [0.29, 0.717) is 23.7 Å². The molecule has 1 atom stereocenters. The number of aliphatic hydroxyl groups is 1. The monoisotopic (exact) mass is 479 g/mol. The van der Waals surface area contributed by atoms with Crippen molar-refractivity contribution >= 4 is 17.8 Å². The highest BCUT2D eigenvalue weighted by Gasteiger charge is 2.43. The van der Waals surface area contributed by atoms with E-state index in [2.05, 4.69) is 6.92 Å². The molecule has 0 fully saturated rings. The van der Waals surface area contributed by atoms with Crippen LogP contribution in [0, 0.1) is 0 Å². The van der Waals surface area contributed by atoms with E-state index in [1.807, 2.05) is 30.3 Å². The van der Waals surface area contributed by atoms with E-state index >= 15 is 0 Å². The fraction of sp³-hybridized carbons (Fsp3) is 0.357. The number of hydrogen-bond donors (Lipinski definition) is 1. The zero-order valence-electron chi connectivity index (χ0n) is 20.5. The van der Waals surface area contributed by atoms with Crippen molar-refractivity contribution in [2.45, 2.75) is 32.2 Å². The summed E-state index contributed by atoms with van der Waals surface area (Å²) in [6.45, 7) is 3.16. The standard InChI is InChI=1S/C28H33NO6/c1-4-5-9-17-35-23-15-13-21(19-24(23)34-3)26-25(27(31)28(32)29(26)16-18-33-2)22(30)14-12-20-10-7-6-8-11-20/h6-8,10-15,19,26,31H,4-5,9,16-18H2,1-3H3. The van der Waals surface area contributed by atoms with Gasteiger partial charge in [-0.3, -0.25) is 9.59 Å². The molecule has 1 unspecified atom stereocenters. The molecule has 1 N–H and O–H groups in total. The summed E-state index contributed by atoms with van der Waals surface area (Å²) in [5.41, 5.74) is 1.49. The van der Waals surface area contributed by atoms with Crippen LogP contribution in [0.5, 0.6) is 11.5 Å². The summed E-state index contributed by atoms with van der Waals surface area (Å²) in [6, 6.07) is 13.9. The van der Waals surface area contributed by atoms with E-state index in [-0.39, 0.29) is 18.7 Å². The Morgan fingerprint density at radius 2 is 1.83 bits per heavy atom. The van der Waals surface area contributed by atoms with Crippen LogP contribution in [0.3, 0.4) is 0 Å². The van der Waals surface area contributed by atoms with Gasteiger partial charge in [-0.05, 0) is 35.8 Å². The first kappa shape index (κ1) is 26.0. The lowest BCUT2D eigenvalue weighted by molar-refractivity contribution is -0.130. The number of carbonyl (C=O) groups is 2. The molecule has 7 nitrogen and oxygen atoms in total. The van der Waals surface area contributed by atoms with E-state index in [1.54, 1.807) is 31.4 Å². The summed E-state index contributed by atoms with van der Waals surface area (Å²) < 4.78 is 16.6. The van der Waals surface area contributed by atoms with Gasteiger partial charge >= 0.3 is 0 Å². The minimum Gasteiger partial charge on any atom is -0.503 e. The van der Waals surface area contributed by atoms with Crippen LogP contribution in [0.1, 0.15) is 43.4 Å². The molecular weight excluding hydrogens is 446 g/mol. The van der Waals surface area contributed by atoms with Gasteiger partial charge in [0.15, 0.2) is 23.0 Å². The highest BCUT2D eigenvalue weighted by atomic mass is 16.5. The maximum Gasteiger partial charge on any atom is 0.290 e. The fourth-order valence-electron chi connectivity index (χ4n) is 4.01. The van der Waals surface area contributed by atoms with Crippen molar-refractivity contribution in [3.8, 4) is 11.5 Å². The van der Waals surface area contributed by atoms with E-state index in [1.165, 1.54) is 18.1 Å². The summed E-state index contributed by atoms with van der Waals surface area (Å²) in [5.74, 6) is -0.514. The van der Waals surface area contributed by atoms with Gasteiger partial charge in [0.2, 0.25) is 0 Å². The maximum absolute atomic E-state index is 13.2. The van der Waals surface area contributed by atoms with E-state index in [0.717, 1.165) is 24.8 Å². The van der Waals surface area contributed by atoms with Crippen molar-refractivity contribution in [1.29, 1.82) is 0 Å². The van der Waals surface area contributed by atoms with Crippen molar-refractivity contribution in [3.05, 3.63) is 77.1 Å². The molecule has 1 aliphatic rings. The number of unbranched alkanes of at least 4 members (excludes halogenated alkanes) is 2. The Bertz CT molecular complexity index is 1080. The molecule has 7 heteroatoms. The van der Waals surface area contributed by atoms with Crippen molar-refractivity contribution < 1.29 is 28.9 Å². The van der Waals surface area contributed by atoms with Crippen LogP contribution in [0.15, 0.2) is 65.9 Å². The number of nitrogens with zero attached hydrogens (tertiary/aromatic N) is 1. The fourth-order valence-corrected chi connectivity index (χ4v) is 4.01. The van der Waals surface area contributed by atoms with Crippen molar-refractivity contribution in [2.75, 3.05) is 34.0 Å². The summed E-state index contributed by atoms with van der Waals surface area (Å²) in [6.07, 6.45) is 6.15. The number of ketones is 1. The quantitative estimate of drug-likeness (QED) is 0.325. The number of amides is 1. The lowest BCUT2D eigenvalue weighted by Gasteiger charge is -2.27. The second kappa shape index (κ2) is 12.8. The van der Waals surface area contributed by atoms with Gasteiger partial charge in [-0.2, -0.15) is 0 Å². The Balaban J connectivity index is 1.95. The first-order chi connectivity index (χ1) is 17.0. The average Bonchev–Trinajstić information content (AvgIpc) is 3.14. The van der Waals surface area contributed by atoms with Gasteiger partial charge in [0, 0.05) is 13.7 Å². The van der Waals surface area contributed by atoms with Gasteiger partial charge < -0.3 is 24.2 Å². The highest BCUT2D eigenvalue weighted by Crippen LogP contribution is 2.41. The topological polar surface area (TPSA) is 85.3 Å². The number of ether oxygens (including phenoxy) is 3. The molecule has 1 heterocycles. The predicted octanol–water partition coefficient (Wildman–Crippen LogP) is 4.89. The van der Waals surface area contributed by atoms with Gasteiger partial charge in [0.25, 0.3) is 5.91 Å². The Morgan fingerprint density at radius 3 is 2.51 bits per heavy atom. The largest absolute Gasteiger partial charge is 0.503 e. The normalized spacial score (nSPS) is 15.8. The number of methoxy groups -OCH3 is 2. The minimum absolute atomic E-state index is 0.0250. The molecule has 2 aromatic carbocycles. The Hall–Kier alpha value is -3.58. The lowest BCUT2D eigenvalue weighted by Crippen LogP contribution is -2.33. The molecule has 35 heavy (non-hydrogen) atoms. The van der Waals surface area contributed by atoms with Crippen LogP contribution in [0.25, 0.3) is 6.08 Å². The molecule has 0 bridgehead atoms. The molecule has 0 aliphatic carbocycles. The smallest absolute Gasteiger partial charge is 0.290 e. The number of rotatable bonds is 13. The van der Waals surface area contributed by atoms with Crippen LogP contribution in [0.2, 0.25) is 0 Å². The molecule has 1 amide bonds. The summed E-state index contributed by atoms with van der Waals surface area (Å²) in [4.78, 5) is 27.6. The van der Waals surface area contributed by atoms with Gasteiger partial charge in [0.05, 0.1) is 31.9 Å². The molecule has 2 aromatic rings. The average molecular weight is 480 g/mol. The lowest BCUT2D eigenvalue weighted by atomic mass is 9.95. The van der Waals surface area contributed by atoms with Crippen molar-refractivity contribution in [2.24, 2.45) is 0 Å². The molecule has 186 valence electrons. The SMILES string of the molecule is CCCCCOc1ccc(C2C(C(=O)C=Cc3ccccc3)=C(O)C(=O)N2CCOC)cc1OC. The minimum atomic E-state index is -0.784. The van der Waals surface area contributed by atoms with Crippen LogP contribution < -0.4 is 9.47 Å². The molecule has 0 saturated heterocycles. The second-order valence-corrected chi connectivity index (χ2v) is 8.23. The highest BCUT2D eigenvalue weighted by molar-refractivity contribution is 6.14. The zero-order valence-corrected chi connectivity index (χ0v) is 20.5. The van der Waals surface area contributed by atoms with Gasteiger partial charge in [-0.1, -0.05) is 62.2 Å². The van der Waals surface area contributed by atoms with E-state index in [9.17, 15) is 14.7 Å². The molecule has 0 saturated carbocycles. The van der Waals surface area contributed by atoms with Crippen LogP contribution in [-0.2, 0) is 14.3 Å². The van der Waals surface area contributed by atoms with E-state index in [4.69, 9.17) is 14.2 Å². The number of hydrogen-bond acceptors (Lipinski definition) is 6. The summed E-state index contributed by atoms with van der Waals surface area (Å²) >= 11 is 0. The maximum atomic E-state index is 13.2. The third-order valence-corrected chi connectivity index (χ3v) is 5.84. The van der Waals surface area contributed by atoms with Crippen molar-refractivity contribution in [1.82, 2.24) is 4.90 Å². The summed E-state index contributed by atoms with van der Waals surface area (Å²) in [5, 5.41) is 10.7. The molecular formula is C28H33NO6. The first-order valence-electron chi connectivity index (χ1n) is 11.8. The molecule has 3 rings (SSSR count). The molecule has 1 aliphatic heterocycles. The zero-order chi connectivity index (χ0) is 25.2. The Morgan fingerprint density at radius 1 is 1.06 bits per heavy atom. The third kappa shape index (κ3) is 6.31. The van der Waals surface area contributed by atoms with E-state index < -0.39 is 23.5 Å². The van der Waals surface area contributed by atoms with Gasteiger partial charge in [0.1, 0.15) is 0 Å². The van der Waals surface area contributed by atoms with Crippen molar-refractivity contribution in [3.63, 3.8) is 0 Å². The van der Waals surface area contributed by atoms with Crippen LogP contribution in [0.4, 0.5) is 0 Å². The predicted molar refractivity (Wildman–Crippen MR) is 134 cm³/mol. The third-order valence-electron chi connectivity index (χ3n) is 5.84. The number of benzene rings is 2.